The van der Waals surface area contributed by atoms with Crippen molar-refractivity contribution in [3.8, 4) is 0 Å². The highest BCUT2D eigenvalue weighted by Gasteiger charge is 2.14. The van der Waals surface area contributed by atoms with Crippen LogP contribution in [0.15, 0.2) is 41.0 Å². The van der Waals surface area contributed by atoms with E-state index in [1.165, 1.54) is 19.3 Å². The number of benzene rings is 1. The number of hydrazone groups is 1. The largest absolute Gasteiger partial charge is 0.335 e. The van der Waals surface area contributed by atoms with Crippen LogP contribution in [0.2, 0.25) is 0 Å². The van der Waals surface area contributed by atoms with Crippen LogP contribution in [0.25, 0.3) is 6.08 Å². The molecule has 0 bridgehead atoms. The Morgan fingerprint density at radius 1 is 1.19 bits per heavy atom. The van der Waals surface area contributed by atoms with E-state index < -0.39 is 0 Å². The zero-order chi connectivity index (χ0) is 14.9. The van der Waals surface area contributed by atoms with Crippen LogP contribution < -0.4 is 10.7 Å². The maximum Gasteiger partial charge on any atom is 0.335 e. The quantitative estimate of drug-likeness (QED) is 0.643. The van der Waals surface area contributed by atoms with Crippen molar-refractivity contribution >= 4 is 18.3 Å². The highest BCUT2D eigenvalue weighted by Crippen LogP contribution is 2.17. The number of nitrogens with one attached hydrogen (secondary N) is 2. The van der Waals surface area contributed by atoms with E-state index >= 15 is 0 Å². The van der Waals surface area contributed by atoms with Crippen LogP contribution in [-0.2, 0) is 0 Å². The third kappa shape index (κ3) is 5.81. The number of rotatable bonds is 4. The number of hydrogen-bond donors (Lipinski definition) is 2. The van der Waals surface area contributed by atoms with Crippen molar-refractivity contribution in [2.24, 2.45) is 5.10 Å². The second-order valence-electron chi connectivity index (χ2n) is 5.48. The third-order valence-electron chi connectivity index (χ3n) is 3.57. The number of hydrogen-bond acceptors (Lipinski definition) is 2. The molecule has 21 heavy (non-hydrogen) atoms. The van der Waals surface area contributed by atoms with Crippen LogP contribution in [0.3, 0.4) is 0 Å². The second-order valence-corrected chi connectivity index (χ2v) is 5.48. The summed E-state index contributed by atoms with van der Waals surface area (Å²) in [7, 11) is 0. The summed E-state index contributed by atoms with van der Waals surface area (Å²) in [4.78, 5) is 11.7. The molecule has 0 aromatic heterocycles. The number of amides is 2. The number of nitrogens with zero attached hydrogens (tertiary/aromatic N) is 1. The monoisotopic (exact) mass is 285 g/mol. The van der Waals surface area contributed by atoms with Gasteiger partial charge in [0.05, 0.1) is 6.21 Å². The predicted molar refractivity (Wildman–Crippen MR) is 87.1 cm³/mol. The zero-order valence-corrected chi connectivity index (χ0v) is 12.5. The normalized spacial score (nSPS) is 16.9. The van der Waals surface area contributed by atoms with Crippen molar-refractivity contribution < 1.29 is 4.79 Å². The molecule has 4 heteroatoms. The Labute approximate surface area is 126 Å². The standard InChI is InChI=1S/C17H23N3O/c1-14(12-15-8-4-2-5-9-15)13-18-20-17(21)19-16-10-6-3-7-11-16/h2,4-5,8-9,12-13,16H,3,6-7,10-11H2,1H3,(H2,19,20,21)/b14-12+,18-13-. The van der Waals surface area contributed by atoms with E-state index in [0.29, 0.717) is 6.04 Å². The molecule has 2 N–H and O–H groups in total. The Kier molecular flexibility index (Phi) is 6.00. The van der Waals surface area contributed by atoms with Crippen LogP contribution in [0, 0.1) is 0 Å². The molecule has 4 nitrogen and oxygen atoms in total. The molecule has 0 aliphatic heterocycles. The minimum absolute atomic E-state index is 0.217. The summed E-state index contributed by atoms with van der Waals surface area (Å²) in [6.45, 7) is 1.96. The van der Waals surface area contributed by atoms with Gasteiger partial charge in [-0.25, -0.2) is 10.2 Å². The molecule has 2 amide bonds. The highest BCUT2D eigenvalue weighted by atomic mass is 16.2. The molecule has 0 radical (unpaired) electrons. The number of carbonyl (C=O) groups is 1. The lowest BCUT2D eigenvalue weighted by Gasteiger charge is -2.22. The molecule has 112 valence electrons. The fourth-order valence-corrected chi connectivity index (χ4v) is 2.51. The predicted octanol–water partition coefficient (Wildman–Crippen LogP) is 3.71. The van der Waals surface area contributed by atoms with Gasteiger partial charge in [0.15, 0.2) is 0 Å². The lowest BCUT2D eigenvalue weighted by molar-refractivity contribution is 0.233. The molecule has 1 aliphatic rings. The maximum absolute atomic E-state index is 11.7. The van der Waals surface area contributed by atoms with E-state index in [1.54, 1.807) is 6.21 Å². The molecule has 1 aliphatic carbocycles. The van der Waals surface area contributed by atoms with Crippen molar-refractivity contribution in [3.05, 3.63) is 41.5 Å². The fraction of sp³-hybridized carbons (Fsp3) is 0.412. The van der Waals surface area contributed by atoms with Crippen molar-refractivity contribution in [3.63, 3.8) is 0 Å². The summed E-state index contributed by atoms with van der Waals surface area (Å²) in [5, 5.41) is 6.94. The molecule has 0 atom stereocenters. The number of allylic oxidation sites excluding steroid dienone is 1. The highest BCUT2D eigenvalue weighted by molar-refractivity contribution is 5.85. The summed E-state index contributed by atoms with van der Waals surface area (Å²) in [6, 6.07) is 10.1. The molecule has 0 unspecified atom stereocenters. The topological polar surface area (TPSA) is 53.5 Å². The first-order valence-electron chi connectivity index (χ1n) is 7.57. The first kappa shape index (κ1) is 15.3. The van der Waals surface area contributed by atoms with Gasteiger partial charge in [0.1, 0.15) is 0 Å². The molecule has 0 saturated heterocycles. The zero-order valence-electron chi connectivity index (χ0n) is 12.5. The summed E-state index contributed by atoms with van der Waals surface area (Å²) >= 11 is 0. The van der Waals surface area contributed by atoms with Gasteiger partial charge in [0.2, 0.25) is 0 Å². The van der Waals surface area contributed by atoms with Crippen molar-refractivity contribution in [2.45, 2.75) is 45.1 Å². The first-order chi connectivity index (χ1) is 10.2. The first-order valence-corrected chi connectivity index (χ1v) is 7.57. The molecule has 1 aromatic rings. The van der Waals surface area contributed by atoms with Gasteiger partial charge in [-0.15, -0.1) is 0 Å². The Balaban J connectivity index is 1.76. The summed E-state index contributed by atoms with van der Waals surface area (Å²) in [6.07, 6.45) is 9.51. The van der Waals surface area contributed by atoms with Gasteiger partial charge >= 0.3 is 6.03 Å². The Bertz CT molecular complexity index is 502. The lowest BCUT2D eigenvalue weighted by Crippen LogP contribution is -2.41. The molecule has 0 spiro atoms. The molecule has 1 fully saturated rings. The Morgan fingerprint density at radius 3 is 2.62 bits per heavy atom. The molecule has 1 saturated carbocycles. The third-order valence-corrected chi connectivity index (χ3v) is 3.57. The minimum Gasteiger partial charge on any atom is -0.334 e. The minimum atomic E-state index is -0.217. The Morgan fingerprint density at radius 2 is 1.90 bits per heavy atom. The molecular weight excluding hydrogens is 262 g/mol. The summed E-state index contributed by atoms with van der Waals surface area (Å²) in [5.41, 5.74) is 4.63. The smallest absolute Gasteiger partial charge is 0.334 e. The maximum atomic E-state index is 11.7. The summed E-state index contributed by atoms with van der Waals surface area (Å²) in [5.74, 6) is 0. The van der Waals surface area contributed by atoms with Gasteiger partial charge in [0, 0.05) is 6.04 Å². The van der Waals surface area contributed by atoms with Crippen molar-refractivity contribution in [2.75, 3.05) is 0 Å². The number of urea groups is 1. The molecular formula is C17H23N3O. The van der Waals surface area contributed by atoms with Gasteiger partial charge in [-0.2, -0.15) is 5.10 Å². The lowest BCUT2D eigenvalue weighted by atomic mass is 9.96. The molecule has 2 rings (SSSR count). The van der Waals surface area contributed by atoms with Crippen LogP contribution in [-0.4, -0.2) is 18.3 Å². The molecule has 1 aromatic carbocycles. The van der Waals surface area contributed by atoms with E-state index in [1.807, 2.05) is 43.3 Å². The van der Waals surface area contributed by atoms with E-state index in [-0.39, 0.29) is 6.03 Å². The van der Waals surface area contributed by atoms with Gasteiger partial charge in [-0.3, -0.25) is 0 Å². The van der Waals surface area contributed by atoms with E-state index in [9.17, 15) is 4.79 Å². The van der Waals surface area contributed by atoms with E-state index in [0.717, 1.165) is 24.0 Å². The second kappa shape index (κ2) is 8.25. The van der Waals surface area contributed by atoms with E-state index in [4.69, 9.17) is 0 Å². The van der Waals surface area contributed by atoms with E-state index in [2.05, 4.69) is 15.8 Å². The van der Waals surface area contributed by atoms with Crippen LogP contribution in [0.4, 0.5) is 4.79 Å². The van der Waals surface area contributed by atoms with Gasteiger partial charge < -0.3 is 5.32 Å². The van der Waals surface area contributed by atoms with Gasteiger partial charge in [-0.05, 0) is 30.9 Å². The number of carbonyl (C=O) groups excluding carboxylic acids is 1. The van der Waals surface area contributed by atoms with Gasteiger partial charge in [0.25, 0.3) is 0 Å². The van der Waals surface area contributed by atoms with Gasteiger partial charge in [-0.1, -0.05) is 55.7 Å². The van der Waals surface area contributed by atoms with Crippen LogP contribution >= 0.6 is 0 Å². The van der Waals surface area contributed by atoms with Crippen LogP contribution in [0.1, 0.15) is 44.6 Å². The van der Waals surface area contributed by atoms with Crippen molar-refractivity contribution in [1.29, 1.82) is 0 Å². The average Bonchev–Trinajstić information content (AvgIpc) is 2.49. The van der Waals surface area contributed by atoms with Crippen LogP contribution in [0.5, 0.6) is 0 Å². The Hall–Kier alpha value is -2.10. The van der Waals surface area contributed by atoms with Crippen molar-refractivity contribution in [1.82, 2.24) is 10.7 Å². The molecule has 0 heterocycles. The summed E-state index contributed by atoms with van der Waals surface area (Å²) < 4.78 is 0. The SMILES string of the molecule is CC(/C=N\NC(=O)NC1CCCCC1)=C\c1ccccc1. The average molecular weight is 285 g/mol. The fourth-order valence-electron chi connectivity index (χ4n) is 2.51.